The van der Waals surface area contributed by atoms with Crippen molar-refractivity contribution >= 4 is 11.8 Å². The third kappa shape index (κ3) is 5.26. The number of nitro benzene ring substituents is 1. The van der Waals surface area contributed by atoms with Gasteiger partial charge in [-0.3, -0.25) is 10.1 Å². The van der Waals surface area contributed by atoms with Crippen LogP contribution in [0.2, 0.25) is 0 Å². The molecule has 10 nitrogen and oxygen atoms in total. The highest BCUT2D eigenvalue weighted by molar-refractivity contribution is 5.64. The molecule has 13 atom stereocenters. The lowest BCUT2D eigenvalue weighted by molar-refractivity contribution is -0.384. The molecule has 1 heterocycles. The largest absolute Gasteiger partial charge is 0.514 e. The molecule has 0 bridgehead atoms. The molecule has 7 rings (SSSR count). The first kappa shape index (κ1) is 38.5. The van der Waals surface area contributed by atoms with Crippen LogP contribution in [0.15, 0.2) is 24.3 Å². The Bertz CT molecular complexity index is 1470. The van der Waals surface area contributed by atoms with Crippen molar-refractivity contribution in [2.75, 3.05) is 6.61 Å². The van der Waals surface area contributed by atoms with Gasteiger partial charge in [-0.1, -0.05) is 48.5 Å². The van der Waals surface area contributed by atoms with Gasteiger partial charge >= 0.3 is 6.16 Å². The number of nitro groups is 1. The van der Waals surface area contributed by atoms with Gasteiger partial charge in [0.15, 0.2) is 0 Å². The molecule has 51 heavy (non-hydrogen) atoms. The second-order valence-corrected chi connectivity index (χ2v) is 18.1. The standard InChI is InChI=1S/C39H57NO9.C2H6/c1-9-46-32(35(5,6)43)26-15-14-25-30(48-26)31(41)37(8)28-17-16-27-34(3,4)29(49-33(42)47-24-12-10-23(11-13-24)40(44)45)18-19-38(27)22(2)39(28,38)21-20-36(25,37)7;1-2/h10-13,22,25-32,41,43H,9,14-21H2,1-8H3;1-2H3/t22-,25+,26-,27?,28+,29+,30+,31+,32+,36-,37-,38?,39+;/m1./s1. The molecule has 1 saturated heterocycles. The Kier molecular flexibility index (Phi) is 9.76. The molecule has 6 aliphatic rings. The van der Waals surface area contributed by atoms with Crippen LogP contribution in [0.25, 0.3) is 0 Å². The third-order valence-electron chi connectivity index (χ3n) is 16.0. The van der Waals surface area contributed by atoms with Gasteiger partial charge in [-0.25, -0.2) is 4.79 Å². The summed E-state index contributed by atoms with van der Waals surface area (Å²) >= 11 is 0. The SMILES string of the molecule is CC.CCO[C@@H]([C@H]1CC[C@H]2[C@H](O1)[C@H](O)[C@@]1(C)[C@@H]3CCC4C(C)(C)[C@@H](OC(=O)Oc5ccc([N+](=O)[O-])cc5)CCC45[C@@H](C)[C@@]35CC[C@]21C)C(C)(C)O. The van der Waals surface area contributed by atoms with E-state index in [2.05, 4.69) is 34.6 Å². The summed E-state index contributed by atoms with van der Waals surface area (Å²) in [4.78, 5) is 23.5. The van der Waals surface area contributed by atoms with Gasteiger partial charge < -0.3 is 29.2 Å². The normalized spacial score (nSPS) is 43.8. The minimum Gasteiger partial charge on any atom is -0.430 e. The first-order valence-electron chi connectivity index (χ1n) is 19.7. The molecule has 2 unspecified atom stereocenters. The molecule has 1 aromatic rings. The number of aliphatic hydroxyl groups excluding tert-OH is 1. The number of nitrogens with zero attached hydrogens (tertiary/aromatic N) is 1. The minimum absolute atomic E-state index is 0.0540. The van der Waals surface area contributed by atoms with Crippen LogP contribution in [0, 0.1) is 60.9 Å². The van der Waals surface area contributed by atoms with Gasteiger partial charge in [-0.05, 0) is 124 Å². The second kappa shape index (κ2) is 12.9. The van der Waals surface area contributed by atoms with Crippen molar-refractivity contribution in [3.8, 4) is 5.75 Å². The van der Waals surface area contributed by atoms with Gasteiger partial charge in [0.1, 0.15) is 18.0 Å². The minimum atomic E-state index is -1.05. The monoisotopic (exact) mass is 713 g/mol. The quantitative estimate of drug-likeness (QED) is 0.123. The molecule has 5 aliphatic carbocycles. The zero-order valence-corrected chi connectivity index (χ0v) is 32.6. The lowest BCUT2D eigenvalue weighted by Crippen LogP contribution is -2.60. The number of hydrogen-bond acceptors (Lipinski definition) is 9. The summed E-state index contributed by atoms with van der Waals surface area (Å²) in [5.41, 5.74) is -1.50. The number of carbonyl (C=O) groups is 1. The van der Waals surface area contributed by atoms with Gasteiger partial charge in [0.25, 0.3) is 5.69 Å². The summed E-state index contributed by atoms with van der Waals surface area (Å²) < 4.78 is 24.4. The number of rotatable bonds is 7. The third-order valence-corrected chi connectivity index (χ3v) is 16.0. The highest BCUT2D eigenvalue weighted by atomic mass is 16.7. The van der Waals surface area contributed by atoms with Crippen molar-refractivity contribution in [1.29, 1.82) is 0 Å². The van der Waals surface area contributed by atoms with E-state index < -0.39 is 28.9 Å². The van der Waals surface area contributed by atoms with Crippen LogP contribution in [0.5, 0.6) is 5.75 Å². The Morgan fingerprint density at radius 3 is 2.24 bits per heavy atom. The Balaban J connectivity index is 0.00000220. The van der Waals surface area contributed by atoms with Crippen molar-refractivity contribution < 1.29 is 38.9 Å². The van der Waals surface area contributed by atoms with Crippen LogP contribution in [0.4, 0.5) is 10.5 Å². The molecule has 0 aromatic heterocycles. The van der Waals surface area contributed by atoms with Crippen LogP contribution in [0.1, 0.15) is 121 Å². The van der Waals surface area contributed by atoms with E-state index in [0.29, 0.717) is 24.4 Å². The second-order valence-electron chi connectivity index (χ2n) is 18.1. The number of hydrogen-bond donors (Lipinski definition) is 2. The van der Waals surface area contributed by atoms with Crippen molar-refractivity contribution in [2.24, 2.45) is 50.7 Å². The predicted molar refractivity (Wildman–Crippen MR) is 193 cm³/mol. The number of aliphatic hydroxyl groups is 2. The number of benzene rings is 1. The molecule has 0 amide bonds. The molecule has 1 aromatic carbocycles. The van der Waals surface area contributed by atoms with Gasteiger partial charge in [-0.15, -0.1) is 0 Å². The summed E-state index contributed by atoms with van der Waals surface area (Å²) in [6, 6.07) is 5.45. The van der Waals surface area contributed by atoms with Crippen LogP contribution in [0.3, 0.4) is 0 Å². The summed E-state index contributed by atoms with van der Waals surface area (Å²) in [5, 5.41) is 34.5. The van der Waals surface area contributed by atoms with E-state index in [1.807, 2.05) is 20.8 Å². The molecule has 5 saturated carbocycles. The van der Waals surface area contributed by atoms with E-state index in [-0.39, 0.29) is 62.7 Å². The Morgan fingerprint density at radius 1 is 1.00 bits per heavy atom. The average Bonchev–Trinajstić information content (AvgIpc) is 3.56. The summed E-state index contributed by atoms with van der Waals surface area (Å²) in [5.74, 6) is 1.71. The fourth-order valence-corrected chi connectivity index (χ4v) is 13.8. The summed E-state index contributed by atoms with van der Waals surface area (Å²) in [6.07, 6.45) is 5.09. The maximum absolute atomic E-state index is 13.0. The van der Waals surface area contributed by atoms with Crippen molar-refractivity contribution in [3.05, 3.63) is 34.4 Å². The summed E-state index contributed by atoms with van der Waals surface area (Å²) in [7, 11) is 0. The Hall–Kier alpha value is -2.27. The van der Waals surface area contributed by atoms with Gasteiger partial charge in [0, 0.05) is 29.6 Å². The van der Waals surface area contributed by atoms with Crippen LogP contribution in [-0.4, -0.2) is 64.0 Å². The van der Waals surface area contributed by atoms with Gasteiger partial charge in [0.05, 0.1) is 28.8 Å². The van der Waals surface area contributed by atoms with Crippen LogP contribution in [-0.2, 0) is 14.2 Å². The lowest BCUT2D eigenvalue weighted by atomic mass is 9.41. The molecule has 10 heteroatoms. The van der Waals surface area contributed by atoms with Crippen LogP contribution < -0.4 is 4.74 Å². The topological polar surface area (TPSA) is 138 Å². The molecule has 1 aliphatic heterocycles. The zero-order valence-electron chi connectivity index (χ0n) is 32.6. The maximum Gasteiger partial charge on any atom is 0.514 e. The molecule has 286 valence electrons. The van der Waals surface area contributed by atoms with Crippen LogP contribution >= 0.6 is 0 Å². The summed E-state index contributed by atoms with van der Waals surface area (Å²) in [6.45, 7) is 21.8. The van der Waals surface area contributed by atoms with E-state index in [9.17, 15) is 25.1 Å². The van der Waals surface area contributed by atoms with Crippen molar-refractivity contribution in [1.82, 2.24) is 0 Å². The van der Waals surface area contributed by atoms with E-state index in [1.54, 1.807) is 13.8 Å². The highest BCUT2D eigenvalue weighted by Gasteiger charge is 2.87. The molecular weight excluding hydrogens is 650 g/mol. The molecular formula is C41H63NO9. The van der Waals surface area contributed by atoms with Crippen molar-refractivity contribution in [2.45, 2.75) is 157 Å². The van der Waals surface area contributed by atoms with E-state index in [4.69, 9.17) is 18.9 Å². The zero-order chi connectivity index (χ0) is 37.5. The maximum atomic E-state index is 13.0. The van der Waals surface area contributed by atoms with Gasteiger partial charge in [0.2, 0.25) is 0 Å². The molecule has 0 radical (unpaired) electrons. The van der Waals surface area contributed by atoms with Crippen molar-refractivity contribution in [3.63, 3.8) is 0 Å². The van der Waals surface area contributed by atoms with Gasteiger partial charge in [-0.2, -0.15) is 0 Å². The fourth-order valence-electron chi connectivity index (χ4n) is 13.8. The number of carbonyl (C=O) groups excluding carboxylic acids is 1. The lowest BCUT2D eigenvalue weighted by Gasteiger charge is -2.63. The Labute approximate surface area is 304 Å². The number of fused-ring (bicyclic) bond motifs is 4. The number of ether oxygens (including phenoxy) is 4. The average molecular weight is 714 g/mol. The van der Waals surface area contributed by atoms with E-state index in [0.717, 1.165) is 51.4 Å². The predicted octanol–water partition coefficient (Wildman–Crippen LogP) is 8.49. The smallest absolute Gasteiger partial charge is 0.430 e. The highest BCUT2D eigenvalue weighted by Crippen LogP contribution is 2.91. The molecule has 2 spiro atoms. The fraction of sp³-hybridized carbons (Fsp3) is 0.829. The Morgan fingerprint density at radius 2 is 1.63 bits per heavy atom. The van der Waals surface area contributed by atoms with E-state index in [1.165, 1.54) is 24.3 Å². The first-order valence-corrected chi connectivity index (χ1v) is 19.7. The molecule has 2 N–H and O–H groups in total. The molecule has 6 fully saturated rings. The first-order chi connectivity index (χ1) is 23.9. The van der Waals surface area contributed by atoms with E-state index >= 15 is 0 Å². The number of non-ortho nitro benzene ring substituents is 1.